The van der Waals surface area contributed by atoms with Gasteiger partial charge in [-0.25, -0.2) is 0 Å². The highest BCUT2D eigenvalue weighted by Gasteiger charge is 2.10. The summed E-state index contributed by atoms with van der Waals surface area (Å²) in [4.78, 5) is 0. The van der Waals surface area contributed by atoms with Crippen molar-refractivity contribution in [1.82, 2.24) is 0 Å². The average molecular weight is 271 g/mol. The number of allylic oxidation sites excluding steroid dienone is 1. The maximum absolute atomic E-state index is 9.26. The zero-order chi connectivity index (χ0) is 11.3. The third kappa shape index (κ3) is 3.68. The normalized spacial score (nSPS) is 12.2. The van der Waals surface area contributed by atoms with Crippen LogP contribution in [0.2, 0.25) is 0 Å². The number of rotatable bonds is 5. The second kappa shape index (κ2) is 5.93. The number of aliphatic hydroxyl groups excluding tert-OH is 1. The summed E-state index contributed by atoms with van der Waals surface area (Å²) in [5.41, 5.74) is 1.10. The lowest BCUT2D eigenvalue weighted by Gasteiger charge is -2.14. The standard InChI is InChI=1S/C12H15BrO2/c1-9(13)7-11(8-14)10-3-5-12(15-2)6-4-10/h3-6,11,14H,1,7-8H2,2H3. The van der Waals surface area contributed by atoms with E-state index in [4.69, 9.17) is 4.74 Å². The molecule has 82 valence electrons. The molecule has 0 radical (unpaired) electrons. The average Bonchev–Trinajstić information content (AvgIpc) is 2.26. The molecule has 1 aromatic carbocycles. The Bertz CT molecular complexity index is 319. The summed E-state index contributed by atoms with van der Waals surface area (Å²) in [6.45, 7) is 3.90. The van der Waals surface area contributed by atoms with Crippen LogP contribution >= 0.6 is 15.9 Å². The Morgan fingerprint density at radius 1 is 1.47 bits per heavy atom. The Kier molecular flexibility index (Phi) is 4.85. The van der Waals surface area contributed by atoms with E-state index in [1.54, 1.807) is 7.11 Å². The molecule has 1 atom stereocenters. The molecule has 0 bridgehead atoms. The van der Waals surface area contributed by atoms with Crippen LogP contribution in [-0.2, 0) is 0 Å². The highest BCUT2D eigenvalue weighted by molar-refractivity contribution is 9.11. The van der Waals surface area contributed by atoms with Gasteiger partial charge >= 0.3 is 0 Å². The summed E-state index contributed by atoms with van der Waals surface area (Å²) in [7, 11) is 1.64. The molecule has 0 fully saturated rings. The van der Waals surface area contributed by atoms with E-state index in [0.717, 1.165) is 22.2 Å². The molecule has 1 rings (SSSR count). The topological polar surface area (TPSA) is 29.5 Å². The van der Waals surface area contributed by atoms with E-state index in [1.165, 1.54) is 0 Å². The van der Waals surface area contributed by atoms with Gasteiger partial charge in [0.05, 0.1) is 13.7 Å². The Balaban J connectivity index is 2.78. The van der Waals surface area contributed by atoms with Crippen molar-refractivity contribution in [3.8, 4) is 5.75 Å². The van der Waals surface area contributed by atoms with Crippen LogP contribution in [0, 0.1) is 0 Å². The fraction of sp³-hybridized carbons (Fsp3) is 0.333. The molecule has 2 nitrogen and oxygen atoms in total. The number of ether oxygens (including phenoxy) is 1. The van der Waals surface area contributed by atoms with Gasteiger partial charge in [-0.3, -0.25) is 0 Å². The van der Waals surface area contributed by atoms with Gasteiger partial charge in [-0.15, -0.1) is 0 Å². The summed E-state index contributed by atoms with van der Waals surface area (Å²) < 4.78 is 5.97. The van der Waals surface area contributed by atoms with Crippen molar-refractivity contribution in [2.75, 3.05) is 13.7 Å². The maximum Gasteiger partial charge on any atom is 0.118 e. The smallest absolute Gasteiger partial charge is 0.118 e. The van der Waals surface area contributed by atoms with Crippen LogP contribution in [0.15, 0.2) is 35.3 Å². The first-order valence-corrected chi connectivity index (χ1v) is 5.54. The van der Waals surface area contributed by atoms with E-state index in [1.807, 2.05) is 24.3 Å². The molecule has 0 spiro atoms. The van der Waals surface area contributed by atoms with Crippen molar-refractivity contribution in [2.45, 2.75) is 12.3 Å². The van der Waals surface area contributed by atoms with E-state index >= 15 is 0 Å². The third-order valence-corrected chi connectivity index (χ3v) is 2.60. The first-order valence-electron chi connectivity index (χ1n) is 4.75. The van der Waals surface area contributed by atoms with Crippen molar-refractivity contribution >= 4 is 15.9 Å². The van der Waals surface area contributed by atoms with Gasteiger partial charge in [0, 0.05) is 5.92 Å². The fourth-order valence-electron chi connectivity index (χ4n) is 1.43. The van der Waals surface area contributed by atoms with Crippen molar-refractivity contribution < 1.29 is 9.84 Å². The van der Waals surface area contributed by atoms with E-state index in [2.05, 4.69) is 22.5 Å². The lowest BCUT2D eigenvalue weighted by atomic mass is 9.97. The Labute approximate surface area is 98.7 Å². The summed E-state index contributed by atoms with van der Waals surface area (Å²) in [6.07, 6.45) is 0.739. The predicted octanol–water partition coefficient (Wildman–Crippen LogP) is 3.07. The molecule has 0 aliphatic heterocycles. The van der Waals surface area contributed by atoms with Crippen LogP contribution in [0.4, 0.5) is 0 Å². The molecular weight excluding hydrogens is 256 g/mol. The lowest BCUT2D eigenvalue weighted by Crippen LogP contribution is -2.03. The molecule has 0 heterocycles. The van der Waals surface area contributed by atoms with Gasteiger partial charge < -0.3 is 9.84 Å². The lowest BCUT2D eigenvalue weighted by molar-refractivity contribution is 0.265. The van der Waals surface area contributed by atoms with Gasteiger partial charge in [0.1, 0.15) is 5.75 Å². The fourth-order valence-corrected chi connectivity index (χ4v) is 1.82. The van der Waals surface area contributed by atoms with Crippen LogP contribution in [0.25, 0.3) is 0 Å². The van der Waals surface area contributed by atoms with Gasteiger partial charge in [0.15, 0.2) is 0 Å². The summed E-state index contributed by atoms with van der Waals surface area (Å²) in [6, 6.07) is 7.73. The Morgan fingerprint density at radius 2 is 2.07 bits per heavy atom. The van der Waals surface area contributed by atoms with E-state index in [9.17, 15) is 5.11 Å². The van der Waals surface area contributed by atoms with Crippen LogP contribution in [0.1, 0.15) is 17.9 Å². The molecule has 1 aromatic rings. The number of aliphatic hydroxyl groups is 1. The second-order valence-electron chi connectivity index (χ2n) is 3.37. The van der Waals surface area contributed by atoms with Gasteiger partial charge in [-0.05, 0) is 28.6 Å². The van der Waals surface area contributed by atoms with Crippen molar-refractivity contribution in [3.05, 3.63) is 40.9 Å². The van der Waals surface area contributed by atoms with Crippen molar-refractivity contribution in [2.24, 2.45) is 0 Å². The Morgan fingerprint density at radius 3 is 2.47 bits per heavy atom. The van der Waals surface area contributed by atoms with Crippen molar-refractivity contribution in [1.29, 1.82) is 0 Å². The summed E-state index contributed by atoms with van der Waals surface area (Å²) in [5.74, 6) is 0.927. The highest BCUT2D eigenvalue weighted by Crippen LogP contribution is 2.26. The molecule has 0 aliphatic carbocycles. The quantitative estimate of drug-likeness (QED) is 0.891. The second-order valence-corrected chi connectivity index (χ2v) is 4.50. The van der Waals surface area contributed by atoms with Gasteiger partial charge in [0.2, 0.25) is 0 Å². The number of halogens is 1. The van der Waals surface area contributed by atoms with Gasteiger partial charge in [-0.2, -0.15) is 0 Å². The van der Waals surface area contributed by atoms with Crippen LogP contribution in [0.5, 0.6) is 5.75 Å². The first kappa shape index (κ1) is 12.3. The zero-order valence-corrected chi connectivity index (χ0v) is 10.3. The minimum Gasteiger partial charge on any atom is -0.497 e. The summed E-state index contributed by atoms with van der Waals surface area (Å²) in [5, 5.41) is 9.26. The first-order chi connectivity index (χ1) is 7.17. The van der Waals surface area contributed by atoms with Crippen LogP contribution in [0.3, 0.4) is 0 Å². The minimum absolute atomic E-state index is 0.0998. The minimum atomic E-state index is 0.0998. The number of methoxy groups -OCH3 is 1. The van der Waals surface area contributed by atoms with Crippen LogP contribution < -0.4 is 4.74 Å². The molecule has 0 amide bonds. The van der Waals surface area contributed by atoms with Gasteiger partial charge in [-0.1, -0.05) is 34.6 Å². The molecule has 0 saturated carbocycles. The van der Waals surface area contributed by atoms with Gasteiger partial charge in [0.25, 0.3) is 0 Å². The highest BCUT2D eigenvalue weighted by atomic mass is 79.9. The Hall–Kier alpha value is -0.800. The SMILES string of the molecule is C=C(Br)CC(CO)c1ccc(OC)cc1. The monoisotopic (exact) mass is 270 g/mol. The molecule has 0 aromatic heterocycles. The molecular formula is C12H15BrO2. The molecule has 0 saturated heterocycles. The third-order valence-electron chi connectivity index (χ3n) is 2.28. The van der Waals surface area contributed by atoms with E-state index < -0.39 is 0 Å². The van der Waals surface area contributed by atoms with Crippen LogP contribution in [-0.4, -0.2) is 18.8 Å². The zero-order valence-electron chi connectivity index (χ0n) is 8.74. The maximum atomic E-state index is 9.26. The van der Waals surface area contributed by atoms with Crippen molar-refractivity contribution in [3.63, 3.8) is 0 Å². The number of hydrogen-bond acceptors (Lipinski definition) is 2. The molecule has 1 N–H and O–H groups in total. The molecule has 3 heteroatoms. The number of benzene rings is 1. The number of hydrogen-bond donors (Lipinski definition) is 1. The largest absolute Gasteiger partial charge is 0.497 e. The molecule has 0 aliphatic rings. The predicted molar refractivity (Wildman–Crippen MR) is 65.5 cm³/mol. The molecule has 15 heavy (non-hydrogen) atoms. The molecule has 1 unspecified atom stereocenters. The van der Waals surface area contributed by atoms with E-state index in [0.29, 0.717) is 0 Å². The van der Waals surface area contributed by atoms with E-state index in [-0.39, 0.29) is 12.5 Å². The summed E-state index contributed by atoms with van der Waals surface area (Å²) >= 11 is 3.31.